The van der Waals surface area contributed by atoms with Crippen LogP contribution in [-0.4, -0.2) is 30.3 Å². The van der Waals surface area contributed by atoms with Gasteiger partial charge in [0, 0.05) is 9.09 Å². The van der Waals surface area contributed by atoms with Gasteiger partial charge >= 0.3 is 5.97 Å². The molecule has 134 valence electrons. The summed E-state index contributed by atoms with van der Waals surface area (Å²) in [5, 5.41) is 0. The maximum atomic E-state index is 11.5. The molecule has 4 heteroatoms. The lowest BCUT2D eigenvalue weighted by Gasteiger charge is -2.40. The molecule has 1 rings (SSSR count). The monoisotopic (exact) mass is 358 g/mol. The zero-order chi connectivity index (χ0) is 17.1. The quantitative estimate of drug-likeness (QED) is 0.427. The first-order valence-corrected chi connectivity index (χ1v) is 12.0. The Bertz CT molecular complexity index is 432. The van der Waals surface area contributed by atoms with Gasteiger partial charge in [-0.1, -0.05) is 40.0 Å². The van der Waals surface area contributed by atoms with Crippen LogP contribution in [0.25, 0.3) is 0 Å². The SMILES string of the molecule is CCCCS(CCCC)(CCCC)c1ccc(CC(=O)OC)s1. The van der Waals surface area contributed by atoms with Crippen molar-refractivity contribution in [2.45, 2.75) is 69.9 Å². The molecule has 2 nitrogen and oxygen atoms in total. The predicted molar refractivity (Wildman–Crippen MR) is 105 cm³/mol. The van der Waals surface area contributed by atoms with Crippen LogP contribution in [-0.2, 0) is 16.0 Å². The van der Waals surface area contributed by atoms with E-state index in [0.717, 1.165) is 4.88 Å². The van der Waals surface area contributed by atoms with Crippen molar-refractivity contribution in [1.82, 2.24) is 0 Å². The van der Waals surface area contributed by atoms with Gasteiger partial charge in [0.25, 0.3) is 0 Å². The summed E-state index contributed by atoms with van der Waals surface area (Å²) in [4.78, 5) is 12.7. The van der Waals surface area contributed by atoms with Crippen molar-refractivity contribution in [3.63, 3.8) is 0 Å². The molecule has 1 heterocycles. The second-order valence-corrected chi connectivity index (χ2v) is 11.4. The minimum atomic E-state index is -0.717. The first-order valence-electron chi connectivity index (χ1n) is 9.03. The highest BCUT2D eigenvalue weighted by molar-refractivity contribution is 8.34. The van der Waals surface area contributed by atoms with Gasteiger partial charge in [0.1, 0.15) is 0 Å². The molecular weight excluding hydrogens is 324 g/mol. The van der Waals surface area contributed by atoms with Gasteiger partial charge in [-0.05, 0) is 48.7 Å². The van der Waals surface area contributed by atoms with Gasteiger partial charge in [0.15, 0.2) is 0 Å². The molecule has 0 N–H and O–H groups in total. The van der Waals surface area contributed by atoms with Gasteiger partial charge in [-0.2, -0.15) is 0 Å². The molecular formula is C19H34O2S2. The van der Waals surface area contributed by atoms with Gasteiger partial charge in [0.05, 0.1) is 13.5 Å². The van der Waals surface area contributed by atoms with Crippen molar-refractivity contribution < 1.29 is 9.53 Å². The largest absolute Gasteiger partial charge is 0.469 e. The number of esters is 1. The maximum absolute atomic E-state index is 11.5. The highest BCUT2D eigenvalue weighted by atomic mass is 32.3. The Labute approximate surface area is 148 Å². The first kappa shape index (κ1) is 20.6. The predicted octanol–water partition coefficient (Wildman–Crippen LogP) is 6.03. The Morgan fingerprint density at radius 3 is 1.96 bits per heavy atom. The summed E-state index contributed by atoms with van der Waals surface area (Å²) in [5.74, 6) is 3.96. The third-order valence-electron chi connectivity index (χ3n) is 4.28. The number of thiophene rings is 1. The van der Waals surface area contributed by atoms with E-state index in [1.807, 2.05) is 11.3 Å². The Morgan fingerprint density at radius 2 is 1.52 bits per heavy atom. The summed E-state index contributed by atoms with van der Waals surface area (Å²) in [6, 6.07) is 4.47. The van der Waals surface area contributed by atoms with E-state index in [1.165, 1.54) is 62.9 Å². The topological polar surface area (TPSA) is 26.3 Å². The fourth-order valence-corrected chi connectivity index (χ4v) is 9.37. The normalized spacial score (nSPS) is 12.3. The molecule has 0 bridgehead atoms. The molecule has 0 atom stereocenters. The van der Waals surface area contributed by atoms with Gasteiger partial charge in [0.2, 0.25) is 0 Å². The third-order valence-corrected chi connectivity index (χ3v) is 10.7. The number of hydrogen-bond acceptors (Lipinski definition) is 3. The fourth-order valence-electron chi connectivity index (χ4n) is 2.77. The Hall–Kier alpha value is -0.480. The number of ether oxygens (including phenoxy) is 1. The van der Waals surface area contributed by atoms with E-state index in [9.17, 15) is 4.79 Å². The Morgan fingerprint density at radius 1 is 1.00 bits per heavy atom. The molecule has 23 heavy (non-hydrogen) atoms. The molecule has 0 aliphatic rings. The lowest BCUT2D eigenvalue weighted by atomic mass is 10.3. The number of methoxy groups -OCH3 is 1. The smallest absolute Gasteiger partial charge is 0.310 e. The molecule has 0 amide bonds. The van der Waals surface area contributed by atoms with Crippen molar-refractivity contribution >= 4 is 27.3 Å². The van der Waals surface area contributed by atoms with Crippen LogP contribution in [0.3, 0.4) is 0 Å². The van der Waals surface area contributed by atoms with Crippen LogP contribution in [0.15, 0.2) is 16.3 Å². The Kier molecular flexibility index (Phi) is 9.96. The lowest BCUT2D eigenvalue weighted by molar-refractivity contribution is -0.139. The number of carbonyl (C=O) groups is 1. The summed E-state index contributed by atoms with van der Waals surface area (Å²) < 4.78 is 6.39. The van der Waals surface area contributed by atoms with Crippen LogP contribution in [0.5, 0.6) is 0 Å². The van der Waals surface area contributed by atoms with E-state index >= 15 is 0 Å². The number of carbonyl (C=O) groups excluding carboxylic acids is 1. The highest BCUT2D eigenvalue weighted by Gasteiger charge is 2.26. The lowest BCUT2D eigenvalue weighted by Crippen LogP contribution is -2.14. The summed E-state index contributed by atoms with van der Waals surface area (Å²) >= 11 is 1.87. The molecule has 0 radical (unpaired) electrons. The Balaban J connectivity index is 3.01. The first-order chi connectivity index (χ1) is 11.1. The van der Waals surface area contributed by atoms with Crippen molar-refractivity contribution in [2.24, 2.45) is 0 Å². The zero-order valence-electron chi connectivity index (χ0n) is 15.4. The standard InChI is InChI=1S/C19H34O2S2/c1-5-8-13-23(14-9-6-2,15-10-7-3)19-12-11-17(22-19)16-18(20)21-4/h11-12H,5-10,13-16H2,1-4H3. The van der Waals surface area contributed by atoms with E-state index in [4.69, 9.17) is 4.74 Å². The van der Waals surface area contributed by atoms with Gasteiger partial charge in [-0.25, -0.2) is 10.0 Å². The number of hydrogen-bond donors (Lipinski definition) is 0. The summed E-state index contributed by atoms with van der Waals surface area (Å²) in [7, 11) is 0.751. The maximum Gasteiger partial charge on any atom is 0.310 e. The van der Waals surface area contributed by atoms with Gasteiger partial charge in [-0.3, -0.25) is 4.79 Å². The van der Waals surface area contributed by atoms with E-state index in [-0.39, 0.29) is 5.97 Å². The average molecular weight is 359 g/mol. The fraction of sp³-hybridized carbons (Fsp3) is 0.737. The van der Waals surface area contributed by atoms with E-state index < -0.39 is 10.0 Å². The second kappa shape index (κ2) is 11.1. The second-order valence-electron chi connectivity index (χ2n) is 6.19. The number of rotatable bonds is 12. The summed E-state index contributed by atoms with van der Waals surface area (Å²) in [6.07, 6.45) is 8.22. The molecule has 0 aromatic carbocycles. The minimum Gasteiger partial charge on any atom is -0.469 e. The van der Waals surface area contributed by atoms with Crippen LogP contribution in [0, 0.1) is 0 Å². The van der Waals surface area contributed by atoms with E-state index in [1.54, 1.807) is 4.21 Å². The van der Waals surface area contributed by atoms with Crippen LogP contribution < -0.4 is 0 Å². The average Bonchev–Trinajstić information content (AvgIpc) is 3.03. The zero-order valence-corrected chi connectivity index (χ0v) is 17.0. The third kappa shape index (κ3) is 6.50. The molecule has 0 aliphatic carbocycles. The number of unbranched alkanes of at least 4 members (excludes halogenated alkanes) is 3. The van der Waals surface area contributed by atoms with Gasteiger partial charge in [-0.15, -0.1) is 11.3 Å². The van der Waals surface area contributed by atoms with E-state index in [2.05, 4.69) is 32.9 Å². The van der Waals surface area contributed by atoms with Crippen LogP contribution >= 0.6 is 21.4 Å². The highest BCUT2D eigenvalue weighted by Crippen LogP contribution is 2.60. The molecule has 0 saturated carbocycles. The molecule has 1 aromatic rings. The van der Waals surface area contributed by atoms with Crippen LogP contribution in [0.4, 0.5) is 0 Å². The van der Waals surface area contributed by atoms with Crippen LogP contribution in [0.2, 0.25) is 0 Å². The van der Waals surface area contributed by atoms with Gasteiger partial charge < -0.3 is 4.74 Å². The van der Waals surface area contributed by atoms with Crippen molar-refractivity contribution in [3.8, 4) is 0 Å². The van der Waals surface area contributed by atoms with Crippen LogP contribution in [0.1, 0.15) is 64.2 Å². The molecule has 1 aromatic heterocycles. The van der Waals surface area contributed by atoms with E-state index in [0.29, 0.717) is 6.42 Å². The molecule has 0 fully saturated rings. The summed E-state index contributed by atoms with van der Waals surface area (Å²) in [6.45, 7) is 6.88. The molecule has 0 spiro atoms. The molecule has 0 aliphatic heterocycles. The van der Waals surface area contributed by atoms with Crippen molar-refractivity contribution in [2.75, 3.05) is 24.4 Å². The molecule has 0 unspecified atom stereocenters. The summed E-state index contributed by atoms with van der Waals surface area (Å²) in [5.41, 5.74) is 0. The van der Waals surface area contributed by atoms with Crippen molar-refractivity contribution in [3.05, 3.63) is 17.0 Å². The molecule has 0 saturated heterocycles. The van der Waals surface area contributed by atoms with Crippen molar-refractivity contribution in [1.29, 1.82) is 0 Å². The minimum absolute atomic E-state index is 0.130.